The van der Waals surface area contributed by atoms with Gasteiger partial charge in [-0.2, -0.15) is 12.6 Å². The van der Waals surface area contributed by atoms with Crippen LogP contribution in [-0.4, -0.2) is 69.2 Å². The van der Waals surface area contributed by atoms with Crippen molar-refractivity contribution in [3.63, 3.8) is 0 Å². The number of rotatable bonds is 11. The maximum absolute atomic E-state index is 12.4. The maximum atomic E-state index is 12.4. The number of hydrogen-bond acceptors (Lipinski definition) is 7. The topological polar surface area (TPSA) is 167 Å². The first-order valence-corrected chi connectivity index (χ1v) is 8.21. The highest BCUT2D eigenvalue weighted by Crippen LogP contribution is 2.05. The SMILES string of the molecule is CCCC(=O)N(CC(=O)O)C(=O)C(CS)NC(=O)CCC(N)C(=O)O. The van der Waals surface area contributed by atoms with Crippen LogP contribution >= 0.6 is 12.6 Å². The van der Waals surface area contributed by atoms with Gasteiger partial charge in [0.1, 0.15) is 18.6 Å². The minimum absolute atomic E-state index is 0.0142. The van der Waals surface area contributed by atoms with Crippen molar-refractivity contribution >= 4 is 42.3 Å². The van der Waals surface area contributed by atoms with Crippen LogP contribution in [0.3, 0.4) is 0 Å². The Hall–Kier alpha value is -2.14. The summed E-state index contributed by atoms with van der Waals surface area (Å²) in [5.74, 6) is -4.98. The summed E-state index contributed by atoms with van der Waals surface area (Å²) in [7, 11) is 0. The van der Waals surface area contributed by atoms with Gasteiger partial charge in [0.2, 0.25) is 11.8 Å². The average molecular weight is 377 g/mol. The number of nitrogens with zero attached hydrogens (tertiary/aromatic N) is 1. The molecular weight excluding hydrogens is 354 g/mol. The van der Waals surface area contributed by atoms with Gasteiger partial charge in [-0.1, -0.05) is 6.92 Å². The van der Waals surface area contributed by atoms with E-state index in [-0.39, 0.29) is 25.0 Å². The van der Waals surface area contributed by atoms with Gasteiger partial charge in [-0.25, -0.2) is 0 Å². The minimum Gasteiger partial charge on any atom is -0.480 e. The van der Waals surface area contributed by atoms with Crippen LogP contribution in [0.15, 0.2) is 0 Å². The largest absolute Gasteiger partial charge is 0.480 e. The highest BCUT2D eigenvalue weighted by molar-refractivity contribution is 7.80. The lowest BCUT2D eigenvalue weighted by atomic mass is 10.1. The van der Waals surface area contributed by atoms with E-state index < -0.39 is 48.3 Å². The normalized spacial score (nSPS) is 12.8. The molecule has 0 radical (unpaired) electrons. The Morgan fingerprint density at radius 1 is 1.16 bits per heavy atom. The van der Waals surface area contributed by atoms with Crippen molar-refractivity contribution in [2.24, 2.45) is 5.73 Å². The lowest BCUT2D eigenvalue weighted by molar-refractivity contribution is -0.153. The van der Waals surface area contributed by atoms with Crippen LogP contribution in [0.4, 0.5) is 0 Å². The van der Waals surface area contributed by atoms with Crippen LogP contribution in [0.2, 0.25) is 0 Å². The molecule has 2 unspecified atom stereocenters. The summed E-state index contributed by atoms with van der Waals surface area (Å²) >= 11 is 3.94. The van der Waals surface area contributed by atoms with Crippen LogP contribution in [0.1, 0.15) is 32.6 Å². The number of hydrogen-bond donors (Lipinski definition) is 5. The van der Waals surface area contributed by atoms with Gasteiger partial charge in [-0.15, -0.1) is 0 Å². The molecule has 0 spiro atoms. The highest BCUT2D eigenvalue weighted by atomic mass is 32.1. The van der Waals surface area contributed by atoms with E-state index in [0.717, 1.165) is 0 Å². The molecule has 0 aromatic carbocycles. The van der Waals surface area contributed by atoms with Gasteiger partial charge < -0.3 is 21.3 Å². The molecule has 0 aliphatic heterocycles. The van der Waals surface area contributed by atoms with Crippen molar-refractivity contribution in [3.05, 3.63) is 0 Å². The Labute approximate surface area is 150 Å². The number of carboxylic acids is 2. The molecule has 0 aliphatic carbocycles. The summed E-state index contributed by atoms with van der Waals surface area (Å²) in [4.78, 5) is 58.2. The molecule has 0 heterocycles. The van der Waals surface area contributed by atoms with Gasteiger partial charge >= 0.3 is 11.9 Å². The predicted octanol–water partition coefficient (Wildman–Crippen LogP) is -1.17. The minimum atomic E-state index is -1.37. The van der Waals surface area contributed by atoms with Gasteiger partial charge in [0.25, 0.3) is 5.91 Å². The Morgan fingerprint density at radius 3 is 2.20 bits per heavy atom. The molecule has 0 saturated heterocycles. The third-order valence-corrected chi connectivity index (χ3v) is 3.50. The number of imide groups is 1. The molecular formula is C14H23N3O7S. The van der Waals surface area contributed by atoms with Crippen LogP contribution in [0.25, 0.3) is 0 Å². The van der Waals surface area contributed by atoms with Gasteiger partial charge in [0.15, 0.2) is 0 Å². The molecule has 10 nitrogen and oxygen atoms in total. The maximum Gasteiger partial charge on any atom is 0.323 e. The van der Waals surface area contributed by atoms with Crippen molar-refractivity contribution in [1.82, 2.24) is 10.2 Å². The number of nitrogens with one attached hydrogen (secondary N) is 1. The third kappa shape index (κ3) is 8.49. The van der Waals surface area contributed by atoms with Gasteiger partial charge in [0.05, 0.1) is 0 Å². The molecule has 0 aromatic rings. The summed E-state index contributed by atoms with van der Waals surface area (Å²) in [6.45, 7) is 0.882. The molecule has 5 N–H and O–H groups in total. The first-order chi connectivity index (χ1) is 11.6. The summed E-state index contributed by atoms with van der Waals surface area (Å²) in [6, 6.07) is -2.43. The van der Waals surface area contributed by atoms with Gasteiger partial charge in [-0.3, -0.25) is 28.9 Å². The van der Waals surface area contributed by atoms with Crippen LogP contribution in [0, 0.1) is 0 Å². The Morgan fingerprint density at radius 2 is 1.76 bits per heavy atom. The van der Waals surface area contributed by atoms with Gasteiger partial charge in [-0.05, 0) is 12.8 Å². The molecule has 0 bridgehead atoms. The summed E-state index contributed by atoms with van der Waals surface area (Å²) in [6.07, 6.45) is 0.0298. The van der Waals surface area contributed by atoms with E-state index in [0.29, 0.717) is 11.3 Å². The predicted molar refractivity (Wildman–Crippen MR) is 89.9 cm³/mol. The molecule has 2 atom stereocenters. The van der Waals surface area contributed by atoms with E-state index in [1.165, 1.54) is 0 Å². The van der Waals surface area contributed by atoms with E-state index in [1.807, 2.05) is 0 Å². The number of carboxylic acid groups (broad SMARTS) is 2. The van der Waals surface area contributed by atoms with E-state index in [2.05, 4.69) is 17.9 Å². The number of thiol groups is 1. The summed E-state index contributed by atoms with van der Waals surface area (Å²) in [5, 5.41) is 19.8. The molecule has 0 rings (SSSR count). The number of aliphatic carboxylic acids is 2. The quantitative estimate of drug-likeness (QED) is 0.281. The van der Waals surface area contributed by atoms with E-state index in [1.54, 1.807) is 6.92 Å². The molecule has 0 aliphatic rings. The smallest absolute Gasteiger partial charge is 0.323 e. The van der Waals surface area contributed by atoms with Crippen LogP contribution in [-0.2, 0) is 24.0 Å². The second kappa shape index (κ2) is 11.4. The van der Waals surface area contributed by atoms with E-state index in [4.69, 9.17) is 15.9 Å². The number of nitrogens with two attached hydrogens (primary N) is 1. The van der Waals surface area contributed by atoms with E-state index >= 15 is 0 Å². The van der Waals surface area contributed by atoms with Crippen molar-refractivity contribution in [2.75, 3.05) is 12.3 Å². The zero-order valence-corrected chi connectivity index (χ0v) is 14.7. The molecule has 0 fully saturated rings. The fourth-order valence-corrected chi connectivity index (χ4v) is 2.07. The molecule has 11 heteroatoms. The Balaban J connectivity index is 4.93. The number of amides is 3. The first kappa shape index (κ1) is 22.9. The van der Waals surface area contributed by atoms with Crippen molar-refractivity contribution in [1.29, 1.82) is 0 Å². The molecule has 142 valence electrons. The first-order valence-electron chi connectivity index (χ1n) is 7.58. The fourth-order valence-electron chi connectivity index (χ4n) is 1.82. The second-order valence-electron chi connectivity index (χ2n) is 5.25. The lowest BCUT2D eigenvalue weighted by Gasteiger charge is -2.24. The van der Waals surface area contributed by atoms with E-state index in [9.17, 15) is 24.0 Å². The second-order valence-corrected chi connectivity index (χ2v) is 5.61. The standard InChI is InChI=1S/C14H23N3O7S/c1-2-3-11(19)17(6-12(20)21)13(22)9(7-25)16-10(18)5-4-8(15)14(23)24/h8-9,25H,2-7,15H2,1H3,(H,16,18)(H,20,21)(H,23,24). The number of carbonyl (C=O) groups is 5. The Bertz CT molecular complexity index is 527. The average Bonchev–Trinajstić information content (AvgIpc) is 2.54. The van der Waals surface area contributed by atoms with Crippen molar-refractivity contribution in [2.45, 2.75) is 44.7 Å². The molecule has 0 aromatic heterocycles. The zero-order valence-electron chi connectivity index (χ0n) is 13.8. The van der Waals surface area contributed by atoms with Crippen LogP contribution < -0.4 is 11.1 Å². The zero-order chi connectivity index (χ0) is 19.6. The summed E-state index contributed by atoms with van der Waals surface area (Å²) in [5.41, 5.74) is 5.28. The molecule has 3 amide bonds. The molecule has 25 heavy (non-hydrogen) atoms. The van der Waals surface area contributed by atoms with Crippen molar-refractivity contribution in [3.8, 4) is 0 Å². The van der Waals surface area contributed by atoms with Gasteiger partial charge in [0, 0.05) is 18.6 Å². The van der Waals surface area contributed by atoms with Crippen LogP contribution in [0.5, 0.6) is 0 Å². The summed E-state index contributed by atoms with van der Waals surface area (Å²) < 4.78 is 0. The number of carbonyl (C=O) groups excluding carboxylic acids is 3. The Kier molecular flexibility index (Phi) is 10.4. The lowest BCUT2D eigenvalue weighted by Crippen LogP contribution is -2.53. The monoisotopic (exact) mass is 377 g/mol. The fraction of sp³-hybridized carbons (Fsp3) is 0.643. The van der Waals surface area contributed by atoms with Crippen molar-refractivity contribution < 1.29 is 34.2 Å². The third-order valence-electron chi connectivity index (χ3n) is 3.14. The molecule has 0 saturated carbocycles. The highest BCUT2D eigenvalue weighted by Gasteiger charge is 2.30.